The lowest BCUT2D eigenvalue weighted by Gasteiger charge is -2.14. The third kappa shape index (κ3) is 2.98. The molecule has 1 atom stereocenters. The summed E-state index contributed by atoms with van der Waals surface area (Å²) in [5.74, 6) is -0.188. The van der Waals surface area contributed by atoms with Crippen LogP contribution in [0.2, 0.25) is 0 Å². The molecule has 6 heteroatoms. The molecule has 1 unspecified atom stereocenters. The van der Waals surface area contributed by atoms with Crippen LogP contribution in [0.25, 0.3) is 10.2 Å². The minimum atomic E-state index is -0.188. The summed E-state index contributed by atoms with van der Waals surface area (Å²) in [6.45, 7) is 1.92. The van der Waals surface area contributed by atoms with Crippen molar-refractivity contribution in [3.63, 3.8) is 0 Å². The van der Waals surface area contributed by atoms with Crippen LogP contribution in [0.1, 0.15) is 35.4 Å². The number of amides is 1. The number of carbonyl (C=O) groups is 1. The molecule has 0 radical (unpaired) electrons. The largest absolute Gasteiger partial charge is 0.348 e. The van der Waals surface area contributed by atoms with E-state index in [1.54, 1.807) is 11.3 Å². The standard InChI is InChI=1S/C19H19N3O2S/c1-12(13-6-3-2-4-7-13)21-16(23)10-22-11-20-18-17(19(22)24)14-8-5-9-15(14)25-18/h2-4,6-7,11-12H,5,8-10H2,1H3,(H,21,23). The monoisotopic (exact) mass is 353 g/mol. The van der Waals surface area contributed by atoms with Gasteiger partial charge in [0.2, 0.25) is 5.91 Å². The Kier molecular flexibility index (Phi) is 4.13. The molecule has 2 heterocycles. The van der Waals surface area contributed by atoms with Crippen LogP contribution < -0.4 is 10.9 Å². The van der Waals surface area contributed by atoms with E-state index in [1.807, 2.05) is 37.3 Å². The Morgan fingerprint density at radius 3 is 2.92 bits per heavy atom. The van der Waals surface area contributed by atoms with Gasteiger partial charge < -0.3 is 5.32 Å². The van der Waals surface area contributed by atoms with E-state index in [4.69, 9.17) is 0 Å². The van der Waals surface area contributed by atoms with Crippen LogP contribution in [0.5, 0.6) is 0 Å². The molecule has 0 fully saturated rings. The molecule has 0 aliphatic heterocycles. The van der Waals surface area contributed by atoms with Gasteiger partial charge in [-0.3, -0.25) is 14.2 Å². The average molecular weight is 353 g/mol. The van der Waals surface area contributed by atoms with Crippen LogP contribution in [0.3, 0.4) is 0 Å². The molecule has 5 nitrogen and oxygen atoms in total. The molecule has 25 heavy (non-hydrogen) atoms. The highest BCUT2D eigenvalue weighted by Gasteiger charge is 2.21. The lowest BCUT2D eigenvalue weighted by molar-refractivity contribution is -0.122. The topological polar surface area (TPSA) is 64.0 Å². The molecule has 3 aromatic rings. The molecule has 0 saturated heterocycles. The fraction of sp³-hybridized carbons (Fsp3) is 0.316. The number of aryl methyl sites for hydroxylation is 2. The van der Waals surface area contributed by atoms with Gasteiger partial charge in [-0.15, -0.1) is 11.3 Å². The zero-order chi connectivity index (χ0) is 17.4. The number of hydrogen-bond acceptors (Lipinski definition) is 4. The summed E-state index contributed by atoms with van der Waals surface area (Å²) in [7, 11) is 0. The van der Waals surface area contributed by atoms with Gasteiger partial charge >= 0.3 is 0 Å². The van der Waals surface area contributed by atoms with Gasteiger partial charge in [-0.25, -0.2) is 4.98 Å². The molecular formula is C19H19N3O2S. The molecule has 128 valence electrons. The number of aromatic nitrogens is 2. The van der Waals surface area contributed by atoms with Crippen molar-refractivity contribution in [2.75, 3.05) is 0 Å². The van der Waals surface area contributed by atoms with Gasteiger partial charge in [0.05, 0.1) is 17.8 Å². The van der Waals surface area contributed by atoms with Gasteiger partial charge in [0.25, 0.3) is 5.56 Å². The normalized spacial score (nSPS) is 14.4. The molecule has 1 amide bonds. The molecule has 0 spiro atoms. The Bertz CT molecular complexity index is 991. The van der Waals surface area contributed by atoms with Crippen LogP contribution in [0, 0.1) is 0 Å². The predicted octanol–water partition coefficient (Wildman–Crippen LogP) is 2.82. The molecule has 0 saturated carbocycles. The van der Waals surface area contributed by atoms with Crippen molar-refractivity contribution in [1.29, 1.82) is 0 Å². The van der Waals surface area contributed by atoms with Gasteiger partial charge in [-0.05, 0) is 37.3 Å². The lowest BCUT2D eigenvalue weighted by Crippen LogP contribution is -2.34. The van der Waals surface area contributed by atoms with E-state index in [2.05, 4.69) is 10.3 Å². The first-order valence-corrected chi connectivity index (χ1v) is 9.29. The van der Waals surface area contributed by atoms with Crippen LogP contribution in [-0.4, -0.2) is 15.5 Å². The van der Waals surface area contributed by atoms with E-state index in [0.717, 1.165) is 35.2 Å². The van der Waals surface area contributed by atoms with Crippen LogP contribution in [-0.2, 0) is 24.2 Å². The highest BCUT2D eigenvalue weighted by Crippen LogP contribution is 2.34. The highest BCUT2D eigenvalue weighted by molar-refractivity contribution is 7.18. The molecule has 1 aliphatic rings. The summed E-state index contributed by atoms with van der Waals surface area (Å²) in [6, 6.07) is 9.66. The summed E-state index contributed by atoms with van der Waals surface area (Å²) in [5, 5.41) is 3.65. The van der Waals surface area contributed by atoms with Crippen molar-refractivity contribution in [3.8, 4) is 0 Å². The third-order valence-electron chi connectivity index (χ3n) is 4.68. The van der Waals surface area contributed by atoms with Gasteiger partial charge in [0, 0.05) is 4.88 Å². The minimum absolute atomic E-state index is 0.0104. The van der Waals surface area contributed by atoms with Crippen LogP contribution in [0.15, 0.2) is 41.5 Å². The smallest absolute Gasteiger partial charge is 0.262 e. The second kappa shape index (κ2) is 6.44. The van der Waals surface area contributed by atoms with Gasteiger partial charge in [-0.1, -0.05) is 30.3 Å². The van der Waals surface area contributed by atoms with Crippen molar-refractivity contribution in [2.45, 2.75) is 38.8 Å². The molecule has 4 rings (SSSR count). The summed E-state index contributed by atoms with van der Waals surface area (Å²) >= 11 is 1.61. The lowest BCUT2D eigenvalue weighted by atomic mass is 10.1. The molecule has 1 aromatic carbocycles. The van der Waals surface area contributed by atoms with E-state index in [-0.39, 0.29) is 24.1 Å². The highest BCUT2D eigenvalue weighted by atomic mass is 32.1. The Morgan fingerprint density at radius 2 is 2.12 bits per heavy atom. The number of thiophene rings is 1. The minimum Gasteiger partial charge on any atom is -0.348 e. The van der Waals surface area contributed by atoms with Crippen molar-refractivity contribution in [2.24, 2.45) is 0 Å². The predicted molar refractivity (Wildman–Crippen MR) is 98.9 cm³/mol. The molecule has 1 aliphatic carbocycles. The van der Waals surface area contributed by atoms with E-state index < -0.39 is 0 Å². The van der Waals surface area contributed by atoms with E-state index in [9.17, 15) is 9.59 Å². The summed E-state index contributed by atoms with van der Waals surface area (Å²) in [5.41, 5.74) is 2.07. The first kappa shape index (κ1) is 16.0. The van der Waals surface area contributed by atoms with Crippen LogP contribution >= 0.6 is 11.3 Å². The Morgan fingerprint density at radius 1 is 1.32 bits per heavy atom. The maximum Gasteiger partial charge on any atom is 0.262 e. The van der Waals surface area contributed by atoms with Gasteiger partial charge in [-0.2, -0.15) is 0 Å². The van der Waals surface area contributed by atoms with Gasteiger partial charge in [0.15, 0.2) is 0 Å². The summed E-state index contributed by atoms with van der Waals surface area (Å²) in [6.07, 6.45) is 4.56. The number of fused-ring (bicyclic) bond motifs is 3. The second-order valence-electron chi connectivity index (χ2n) is 6.42. The van der Waals surface area contributed by atoms with Crippen molar-refractivity contribution in [1.82, 2.24) is 14.9 Å². The first-order chi connectivity index (χ1) is 12.1. The Balaban J connectivity index is 1.55. The zero-order valence-corrected chi connectivity index (χ0v) is 14.8. The molecule has 1 N–H and O–H groups in total. The Hall–Kier alpha value is -2.47. The number of hydrogen-bond donors (Lipinski definition) is 1. The van der Waals surface area contributed by atoms with Crippen molar-refractivity contribution in [3.05, 3.63) is 63.0 Å². The van der Waals surface area contributed by atoms with Gasteiger partial charge in [0.1, 0.15) is 11.4 Å². The SMILES string of the molecule is CC(NC(=O)Cn1cnc2sc3c(c2c1=O)CCC3)c1ccccc1. The fourth-order valence-electron chi connectivity index (χ4n) is 3.40. The molecular weight excluding hydrogens is 334 g/mol. The number of carbonyl (C=O) groups excluding carboxylic acids is 1. The first-order valence-electron chi connectivity index (χ1n) is 8.47. The summed E-state index contributed by atoms with van der Waals surface area (Å²) in [4.78, 5) is 31.6. The third-order valence-corrected chi connectivity index (χ3v) is 5.88. The average Bonchev–Trinajstić information content (AvgIpc) is 3.19. The quantitative estimate of drug-likeness (QED) is 0.784. The number of benzene rings is 1. The number of nitrogens with zero attached hydrogens (tertiary/aromatic N) is 2. The van der Waals surface area contributed by atoms with E-state index in [0.29, 0.717) is 5.39 Å². The van der Waals surface area contributed by atoms with Crippen LogP contribution in [0.4, 0.5) is 0 Å². The maximum atomic E-state index is 12.8. The van der Waals surface area contributed by atoms with Crippen molar-refractivity contribution < 1.29 is 4.79 Å². The maximum absolute atomic E-state index is 12.8. The summed E-state index contributed by atoms with van der Waals surface area (Å²) < 4.78 is 1.42. The Labute approximate surface area is 149 Å². The zero-order valence-electron chi connectivity index (χ0n) is 14.0. The number of nitrogens with one attached hydrogen (secondary N) is 1. The second-order valence-corrected chi connectivity index (χ2v) is 7.50. The van der Waals surface area contributed by atoms with Crippen molar-refractivity contribution >= 4 is 27.5 Å². The molecule has 2 aromatic heterocycles. The molecule has 0 bridgehead atoms. The van der Waals surface area contributed by atoms with E-state index >= 15 is 0 Å². The number of rotatable bonds is 4. The van der Waals surface area contributed by atoms with E-state index in [1.165, 1.54) is 15.8 Å². The fourth-order valence-corrected chi connectivity index (χ4v) is 4.62.